The van der Waals surface area contributed by atoms with Gasteiger partial charge < -0.3 is 10.7 Å². The summed E-state index contributed by atoms with van der Waals surface area (Å²) in [5.74, 6) is 0.598. The molecule has 1 aromatic heterocycles. The summed E-state index contributed by atoms with van der Waals surface area (Å²) in [6, 6.07) is 7.36. The fraction of sp³-hybridized carbons (Fsp3) is 0.533. The van der Waals surface area contributed by atoms with Gasteiger partial charge in [0.15, 0.2) is 0 Å². The molecule has 0 amide bonds. The number of aryl methyl sites for hydroxylation is 1. The molecule has 1 aromatic carbocycles. The summed E-state index contributed by atoms with van der Waals surface area (Å²) < 4.78 is 2.11. The second-order valence-corrected chi connectivity index (χ2v) is 5.78. The van der Waals surface area contributed by atoms with E-state index in [4.69, 9.17) is 5.73 Å². The molecule has 0 aliphatic carbocycles. The molecule has 2 aromatic rings. The van der Waals surface area contributed by atoms with E-state index in [0.717, 1.165) is 11.0 Å². The molecule has 1 aliphatic rings. The Morgan fingerprint density at radius 2 is 1.89 bits per heavy atom. The van der Waals surface area contributed by atoms with Crippen LogP contribution in [-0.2, 0) is 0 Å². The van der Waals surface area contributed by atoms with Gasteiger partial charge in [0.05, 0.1) is 11.0 Å². The van der Waals surface area contributed by atoms with Crippen LogP contribution in [0.4, 0.5) is 5.95 Å². The minimum atomic E-state index is 0.504. The first-order chi connectivity index (χ1) is 9.08. The van der Waals surface area contributed by atoms with Crippen molar-refractivity contribution in [2.75, 3.05) is 10.7 Å². The van der Waals surface area contributed by atoms with Crippen molar-refractivity contribution >= 4 is 17.0 Å². The van der Waals surface area contributed by atoms with Crippen molar-refractivity contribution in [2.24, 2.45) is 0 Å². The van der Waals surface area contributed by atoms with Crippen LogP contribution in [0.2, 0.25) is 0 Å². The maximum absolute atomic E-state index is 6.17. The highest BCUT2D eigenvalue weighted by molar-refractivity contribution is 5.79. The Balaban J connectivity index is 2.15. The first-order valence-electron chi connectivity index (χ1n) is 7.11. The van der Waals surface area contributed by atoms with Crippen LogP contribution in [0.25, 0.3) is 11.0 Å². The fourth-order valence-corrected chi connectivity index (χ4v) is 3.24. The van der Waals surface area contributed by atoms with Crippen LogP contribution in [0, 0.1) is 6.92 Å². The number of rotatable bonds is 1. The standard InChI is InChI=1S/C15H22N4/c1-10-7-8-14-13(9-10)17-15(16)19(14)18-11(2)5-4-6-12(18)3/h7-9,11-12H,4-6H2,1-3H3,(H2,16,17). The number of piperidine rings is 1. The zero-order chi connectivity index (χ0) is 13.6. The molecule has 1 aliphatic heterocycles. The molecule has 19 heavy (non-hydrogen) atoms. The van der Waals surface area contributed by atoms with Crippen LogP contribution in [0.15, 0.2) is 18.2 Å². The quantitative estimate of drug-likeness (QED) is 0.855. The number of hydrogen-bond acceptors (Lipinski definition) is 3. The minimum absolute atomic E-state index is 0.504. The van der Waals surface area contributed by atoms with Crippen LogP contribution in [0.5, 0.6) is 0 Å². The maximum Gasteiger partial charge on any atom is 0.220 e. The third-order valence-corrected chi connectivity index (χ3v) is 4.19. The highest BCUT2D eigenvalue weighted by Crippen LogP contribution is 2.27. The van der Waals surface area contributed by atoms with Gasteiger partial charge in [0.2, 0.25) is 5.95 Å². The summed E-state index contributed by atoms with van der Waals surface area (Å²) in [5, 5.41) is 2.39. The molecule has 1 saturated heterocycles. The lowest BCUT2D eigenvalue weighted by molar-refractivity contribution is 0.343. The van der Waals surface area contributed by atoms with Crippen LogP contribution in [0.1, 0.15) is 38.7 Å². The van der Waals surface area contributed by atoms with E-state index in [1.54, 1.807) is 0 Å². The number of benzene rings is 1. The van der Waals surface area contributed by atoms with E-state index < -0.39 is 0 Å². The van der Waals surface area contributed by atoms with E-state index in [-0.39, 0.29) is 0 Å². The third kappa shape index (κ3) is 1.95. The van der Waals surface area contributed by atoms with Crippen molar-refractivity contribution in [3.63, 3.8) is 0 Å². The molecule has 2 unspecified atom stereocenters. The van der Waals surface area contributed by atoms with Crippen molar-refractivity contribution in [3.8, 4) is 0 Å². The van der Waals surface area contributed by atoms with Crippen molar-refractivity contribution < 1.29 is 0 Å². The van der Waals surface area contributed by atoms with Gasteiger partial charge in [-0.2, -0.15) is 0 Å². The minimum Gasteiger partial charge on any atom is -0.368 e. The number of fused-ring (bicyclic) bond motifs is 1. The molecule has 1 fully saturated rings. The number of nitrogens with two attached hydrogens (primary N) is 1. The van der Waals surface area contributed by atoms with Gasteiger partial charge in [0, 0.05) is 12.1 Å². The van der Waals surface area contributed by atoms with Gasteiger partial charge in [0.25, 0.3) is 0 Å². The Morgan fingerprint density at radius 1 is 1.21 bits per heavy atom. The van der Waals surface area contributed by atoms with Crippen LogP contribution in [0.3, 0.4) is 0 Å². The van der Waals surface area contributed by atoms with Crippen molar-refractivity contribution in [3.05, 3.63) is 23.8 Å². The van der Waals surface area contributed by atoms with E-state index in [9.17, 15) is 0 Å². The molecule has 3 rings (SSSR count). The van der Waals surface area contributed by atoms with E-state index in [1.807, 2.05) is 0 Å². The number of imidazole rings is 1. The molecular weight excluding hydrogens is 236 g/mol. The highest BCUT2D eigenvalue weighted by atomic mass is 15.6. The fourth-order valence-electron chi connectivity index (χ4n) is 3.24. The van der Waals surface area contributed by atoms with Gasteiger partial charge in [-0.3, -0.25) is 0 Å². The Morgan fingerprint density at radius 3 is 2.58 bits per heavy atom. The summed E-state index contributed by atoms with van der Waals surface area (Å²) >= 11 is 0. The maximum atomic E-state index is 6.17. The first kappa shape index (κ1) is 12.3. The Kier molecular flexibility index (Phi) is 2.88. The summed E-state index contributed by atoms with van der Waals surface area (Å²) in [4.78, 5) is 4.52. The van der Waals surface area contributed by atoms with Gasteiger partial charge in [-0.05, 0) is 57.7 Å². The number of anilines is 1. The molecule has 2 heterocycles. The molecular formula is C15H22N4. The Bertz CT molecular complexity index is 591. The molecule has 0 radical (unpaired) electrons. The summed E-state index contributed by atoms with van der Waals surface area (Å²) in [6.45, 7) is 6.63. The predicted octanol–water partition coefficient (Wildman–Crippen LogP) is 2.83. The zero-order valence-electron chi connectivity index (χ0n) is 11.9. The van der Waals surface area contributed by atoms with E-state index in [0.29, 0.717) is 18.0 Å². The molecule has 0 spiro atoms. The van der Waals surface area contributed by atoms with Crippen LogP contribution < -0.4 is 10.7 Å². The lowest BCUT2D eigenvalue weighted by Gasteiger charge is -2.41. The highest BCUT2D eigenvalue weighted by Gasteiger charge is 2.27. The van der Waals surface area contributed by atoms with Gasteiger partial charge in [-0.25, -0.2) is 9.66 Å². The van der Waals surface area contributed by atoms with E-state index in [1.165, 1.54) is 24.8 Å². The van der Waals surface area contributed by atoms with E-state index >= 15 is 0 Å². The van der Waals surface area contributed by atoms with Crippen molar-refractivity contribution in [1.82, 2.24) is 9.66 Å². The average molecular weight is 258 g/mol. The molecule has 2 atom stereocenters. The number of nitrogens with zero attached hydrogens (tertiary/aromatic N) is 3. The van der Waals surface area contributed by atoms with Gasteiger partial charge in [-0.15, -0.1) is 0 Å². The van der Waals surface area contributed by atoms with Gasteiger partial charge >= 0.3 is 0 Å². The van der Waals surface area contributed by atoms with Crippen molar-refractivity contribution in [1.29, 1.82) is 0 Å². The van der Waals surface area contributed by atoms with E-state index in [2.05, 4.69) is 53.6 Å². The molecule has 4 heteroatoms. The lowest BCUT2D eigenvalue weighted by Crippen LogP contribution is -2.51. The summed E-state index contributed by atoms with van der Waals surface area (Å²) in [6.07, 6.45) is 3.73. The van der Waals surface area contributed by atoms with Crippen LogP contribution in [-0.4, -0.2) is 21.7 Å². The molecule has 2 N–H and O–H groups in total. The normalized spacial score (nSPS) is 24.1. The van der Waals surface area contributed by atoms with Crippen molar-refractivity contribution in [2.45, 2.75) is 52.1 Å². The van der Waals surface area contributed by atoms with Gasteiger partial charge in [-0.1, -0.05) is 6.07 Å². The zero-order valence-corrected chi connectivity index (χ0v) is 11.9. The first-order valence-corrected chi connectivity index (χ1v) is 7.11. The summed E-state index contributed by atoms with van der Waals surface area (Å²) in [7, 11) is 0. The second-order valence-electron chi connectivity index (χ2n) is 5.78. The monoisotopic (exact) mass is 258 g/mol. The molecule has 102 valence electrons. The SMILES string of the molecule is Cc1ccc2c(c1)nc(N)n2N1C(C)CCCC1C. The molecule has 0 bridgehead atoms. The second kappa shape index (κ2) is 4.44. The number of nitrogen functional groups attached to an aromatic ring is 1. The number of aromatic nitrogens is 2. The molecule has 4 nitrogen and oxygen atoms in total. The Hall–Kier alpha value is -1.71. The topological polar surface area (TPSA) is 47.1 Å². The van der Waals surface area contributed by atoms with Crippen LogP contribution >= 0.6 is 0 Å². The third-order valence-electron chi connectivity index (χ3n) is 4.19. The average Bonchev–Trinajstić information content (AvgIpc) is 2.65. The largest absolute Gasteiger partial charge is 0.368 e. The number of hydrogen-bond donors (Lipinski definition) is 1. The predicted molar refractivity (Wildman–Crippen MR) is 79.9 cm³/mol. The lowest BCUT2D eigenvalue weighted by atomic mass is 10.00. The smallest absolute Gasteiger partial charge is 0.220 e. The Labute approximate surface area is 114 Å². The van der Waals surface area contributed by atoms with Gasteiger partial charge in [0.1, 0.15) is 0 Å². The summed E-state index contributed by atoms with van der Waals surface area (Å²) in [5.41, 5.74) is 9.49. The molecule has 0 saturated carbocycles.